The first-order valence-electron chi connectivity index (χ1n) is 13.4. The number of rotatable bonds is 7. The van der Waals surface area contributed by atoms with Crippen molar-refractivity contribution in [2.24, 2.45) is 0 Å². The van der Waals surface area contributed by atoms with Crippen LogP contribution in [0.5, 0.6) is 17.2 Å². The lowest BCUT2D eigenvalue weighted by Crippen LogP contribution is -2.29. The van der Waals surface area contributed by atoms with Gasteiger partial charge >= 0.3 is 5.91 Å². The zero-order valence-electron chi connectivity index (χ0n) is 22.6. The van der Waals surface area contributed by atoms with E-state index in [1.54, 1.807) is 48.5 Å². The minimum absolute atomic E-state index is 0.0151. The second kappa shape index (κ2) is 10.7. The highest BCUT2D eigenvalue weighted by Crippen LogP contribution is 2.46. The van der Waals surface area contributed by atoms with E-state index in [0.717, 1.165) is 16.0 Å². The number of hydrogen-bond acceptors (Lipinski definition) is 8. The van der Waals surface area contributed by atoms with Crippen LogP contribution in [0.4, 0.5) is 5.13 Å². The van der Waals surface area contributed by atoms with E-state index in [4.69, 9.17) is 25.8 Å². The average molecular weight is 591 g/mol. The molecule has 3 heterocycles. The van der Waals surface area contributed by atoms with E-state index >= 15 is 0 Å². The summed E-state index contributed by atoms with van der Waals surface area (Å²) in [6, 6.07) is 14.8. The van der Waals surface area contributed by atoms with Gasteiger partial charge in [-0.3, -0.25) is 14.5 Å². The number of anilines is 1. The minimum Gasteiger partial charge on any atom is -0.507 e. The van der Waals surface area contributed by atoms with Gasteiger partial charge in [0.1, 0.15) is 17.6 Å². The molecule has 10 heteroatoms. The van der Waals surface area contributed by atoms with Crippen LogP contribution in [0.3, 0.4) is 0 Å². The Hall–Kier alpha value is -4.08. The Morgan fingerprint density at radius 2 is 1.85 bits per heavy atom. The Morgan fingerprint density at radius 1 is 1.07 bits per heavy atom. The molecule has 1 aromatic heterocycles. The number of aliphatic hydroxyl groups excluding tert-OH is 1. The number of aliphatic hydroxyl groups is 1. The maximum atomic E-state index is 13.7. The number of halogens is 1. The Labute approximate surface area is 245 Å². The quantitative estimate of drug-likeness (QED) is 0.145. The number of benzene rings is 3. The maximum absolute atomic E-state index is 13.7. The highest BCUT2D eigenvalue weighted by molar-refractivity contribution is 7.22. The van der Waals surface area contributed by atoms with Crippen molar-refractivity contribution in [3.63, 3.8) is 0 Å². The van der Waals surface area contributed by atoms with Gasteiger partial charge in [0.05, 0.1) is 35.0 Å². The van der Waals surface area contributed by atoms with Gasteiger partial charge in [0.2, 0.25) is 0 Å². The van der Waals surface area contributed by atoms with Crippen LogP contribution in [0.1, 0.15) is 43.5 Å². The summed E-state index contributed by atoms with van der Waals surface area (Å²) in [5.74, 6) is -0.107. The van der Waals surface area contributed by atoms with E-state index in [-0.39, 0.29) is 17.4 Å². The standard InChI is InChI=1S/C31H27ClN2O6S/c1-4-38-23-11-6-17(14-24(23)39-5-2)27-26(28(35)18-7-10-22-19(13-18)12-16(3)40-22)29(36)30(37)34(27)31-33-21-9-8-20(32)15-25(21)41-31/h6-11,13-16,27,35H,4-5,12H2,1-3H3/b28-26+/t16-,27-/m1/s1. The Bertz CT molecular complexity index is 1730. The van der Waals surface area contributed by atoms with Gasteiger partial charge in [-0.15, -0.1) is 0 Å². The summed E-state index contributed by atoms with van der Waals surface area (Å²) in [6.07, 6.45) is 0.695. The number of ketones is 1. The van der Waals surface area contributed by atoms with E-state index in [1.807, 2.05) is 26.8 Å². The Balaban J connectivity index is 1.55. The molecule has 6 rings (SSSR count). The Morgan fingerprint density at radius 3 is 2.63 bits per heavy atom. The van der Waals surface area contributed by atoms with Gasteiger partial charge in [0.25, 0.3) is 5.78 Å². The number of Topliss-reactive ketones (excluding diaryl/α,β-unsaturated/α-hetero) is 1. The van der Waals surface area contributed by atoms with Crippen LogP contribution in [0.25, 0.3) is 16.0 Å². The summed E-state index contributed by atoms with van der Waals surface area (Å²) in [7, 11) is 0. The fourth-order valence-corrected chi connectivity index (χ4v) is 6.57. The van der Waals surface area contributed by atoms with Gasteiger partial charge in [-0.2, -0.15) is 0 Å². The lowest BCUT2D eigenvalue weighted by molar-refractivity contribution is -0.132. The first-order chi connectivity index (χ1) is 19.8. The lowest BCUT2D eigenvalue weighted by Gasteiger charge is -2.24. The fraction of sp³-hybridized carbons (Fsp3) is 0.258. The molecule has 0 bridgehead atoms. The monoisotopic (exact) mass is 590 g/mol. The van der Waals surface area contributed by atoms with Crippen LogP contribution in [0.15, 0.2) is 60.2 Å². The average Bonchev–Trinajstić information content (AvgIpc) is 3.61. The molecule has 0 aliphatic carbocycles. The molecular weight excluding hydrogens is 564 g/mol. The van der Waals surface area contributed by atoms with Crippen molar-refractivity contribution in [3.8, 4) is 17.2 Å². The highest BCUT2D eigenvalue weighted by Gasteiger charge is 2.48. The first-order valence-corrected chi connectivity index (χ1v) is 14.5. The molecule has 1 N–H and O–H groups in total. The van der Waals surface area contributed by atoms with Gasteiger partial charge in [0.15, 0.2) is 16.6 Å². The number of amides is 1. The molecule has 1 saturated heterocycles. The predicted octanol–water partition coefficient (Wildman–Crippen LogP) is 6.70. The summed E-state index contributed by atoms with van der Waals surface area (Å²) in [4.78, 5) is 33.4. The van der Waals surface area contributed by atoms with Gasteiger partial charge in [0, 0.05) is 17.0 Å². The molecule has 4 aromatic rings. The molecule has 2 aliphatic heterocycles. The molecular formula is C31H27ClN2O6S. The van der Waals surface area contributed by atoms with Crippen LogP contribution < -0.4 is 19.1 Å². The molecule has 41 heavy (non-hydrogen) atoms. The van der Waals surface area contributed by atoms with Crippen LogP contribution in [-0.4, -0.2) is 41.1 Å². The van der Waals surface area contributed by atoms with E-state index in [0.29, 0.717) is 57.9 Å². The van der Waals surface area contributed by atoms with Crippen molar-refractivity contribution in [2.45, 2.75) is 39.3 Å². The third kappa shape index (κ3) is 4.79. The maximum Gasteiger partial charge on any atom is 0.301 e. The highest BCUT2D eigenvalue weighted by atomic mass is 35.5. The molecule has 1 fully saturated rings. The summed E-state index contributed by atoms with van der Waals surface area (Å²) < 4.78 is 18.2. The molecule has 0 radical (unpaired) electrons. The number of ether oxygens (including phenoxy) is 3. The molecule has 0 unspecified atom stereocenters. The lowest BCUT2D eigenvalue weighted by atomic mass is 9.94. The molecule has 1 amide bonds. The van der Waals surface area contributed by atoms with Crippen molar-refractivity contribution in [1.29, 1.82) is 0 Å². The van der Waals surface area contributed by atoms with Crippen molar-refractivity contribution in [3.05, 3.63) is 81.9 Å². The zero-order chi connectivity index (χ0) is 28.8. The normalized spacial score (nSPS) is 19.5. The van der Waals surface area contributed by atoms with Gasteiger partial charge in [-0.25, -0.2) is 4.98 Å². The summed E-state index contributed by atoms with van der Waals surface area (Å²) in [5.41, 5.74) is 2.52. The third-order valence-corrected chi connectivity index (χ3v) is 8.29. The van der Waals surface area contributed by atoms with Crippen molar-refractivity contribution >= 4 is 55.7 Å². The van der Waals surface area contributed by atoms with E-state index in [9.17, 15) is 14.7 Å². The minimum atomic E-state index is -0.968. The predicted molar refractivity (Wildman–Crippen MR) is 158 cm³/mol. The number of thiazole rings is 1. The molecule has 2 aliphatic rings. The van der Waals surface area contributed by atoms with Crippen molar-refractivity contribution in [2.75, 3.05) is 18.1 Å². The molecule has 0 spiro atoms. The molecule has 8 nitrogen and oxygen atoms in total. The summed E-state index contributed by atoms with van der Waals surface area (Å²) in [5, 5.41) is 12.5. The number of carbonyl (C=O) groups excluding carboxylic acids is 2. The molecule has 3 aromatic carbocycles. The van der Waals surface area contributed by atoms with Gasteiger partial charge in [-0.1, -0.05) is 29.0 Å². The van der Waals surface area contributed by atoms with Crippen LogP contribution >= 0.6 is 22.9 Å². The number of carbonyl (C=O) groups is 2. The van der Waals surface area contributed by atoms with Crippen LogP contribution in [0, 0.1) is 0 Å². The van der Waals surface area contributed by atoms with E-state index in [1.165, 1.54) is 16.2 Å². The third-order valence-electron chi connectivity index (χ3n) is 7.04. The second-order valence-electron chi connectivity index (χ2n) is 9.80. The number of aromatic nitrogens is 1. The largest absolute Gasteiger partial charge is 0.507 e. The molecule has 2 atom stereocenters. The number of fused-ring (bicyclic) bond motifs is 2. The Kier molecular flexibility index (Phi) is 7.09. The smallest absolute Gasteiger partial charge is 0.301 e. The molecule has 0 saturated carbocycles. The number of nitrogens with zero attached hydrogens (tertiary/aromatic N) is 2. The van der Waals surface area contributed by atoms with Crippen LogP contribution in [-0.2, 0) is 16.0 Å². The second-order valence-corrected chi connectivity index (χ2v) is 11.3. The van der Waals surface area contributed by atoms with E-state index < -0.39 is 17.7 Å². The summed E-state index contributed by atoms with van der Waals surface area (Å²) >= 11 is 7.45. The fourth-order valence-electron chi connectivity index (χ4n) is 5.30. The van der Waals surface area contributed by atoms with Gasteiger partial charge in [-0.05, 0) is 80.4 Å². The van der Waals surface area contributed by atoms with Gasteiger partial charge < -0.3 is 19.3 Å². The van der Waals surface area contributed by atoms with Crippen molar-refractivity contribution in [1.82, 2.24) is 4.98 Å². The zero-order valence-corrected chi connectivity index (χ0v) is 24.2. The van der Waals surface area contributed by atoms with E-state index in [2.05, 4.69) is 4.98 Å². The topological polar surface area (TPSA) is 98.2 Å². The van der Waals surface area contributed by atoms with Crippen molar-refractivity contribution < 1.29 is 28.9 Å². The summed E-state index contributed by atoms with van der Waals surface area (Å²) in [6.45, 7) is 6.53. The SMILES string of the molecule is CCOc1ccc([C@@H]2/C(=C(\O)c3ccc4c(c3)C[C@@H](C)O4)C(=O)C(=O)N2c2nc3ccc(Cl)cc3s2)cc1OCC. The number of hydrogen-bond donors (Lipinski definition) is 1. The molecule has 210 valence electrons. The van der Waals surface area contributed by atoms with Crippen LogP contribution in [0.2, 0.25) is 5.02 Å². The first kappa shape index (κ1) is 27.1.